The normalized spacial score (nSPS) is 14.9. The zero-order valence-electron chi connectivity index (χ0n) is 56.1. The van der Waals surface area contributed by atoms with Crippen LogP contribution >= 0.6 is 0 Å². The summed E-state index contributed by atoms with van der Waals surface area (Å²) in [6.07, 6.45) is -0.505. The SMILES string of the molecule is [2H]c1nc(-n2c3[c-]c(Oc4[c-]c(N5[CH-]N(c6c(-c7ccccc7)cc(C(C)(C)C)cc6-c6cc(C(C)(C)C)cc(C(C)(C)C)c6)c6ccccc65)ccc4)ccc3c3cc(-c4ccccc4)ccc32)c([2H])c(C([2H])(C([2H])([2H])[2H])C([2H])([2H])[2H])c1-c1ccccc1.[Pt]. The molecular formula is C75H69N4OPt-3. The molecule has 1 aliphatic heterocycles. The van der Waals surface area contributed by atoms with Crippen LogP contribution in [0.15, 0.2) is 206 Å². The van der Waals surface area contributed by atoms with Crippen molar-refractivity contribution in [2.45, 2.75) is 98.2 Å². The molecule has 6 heteroatoms. The maximum Gasteiger partial charge on any atom is 0.135 e. The summed E-state index contributed by atoms with van der Waals surface area (Å²) in [5, 5.41) is 1.36. The number of anilines is 4. The second-order valence-corrected chi connectivity index (χ2v) is 23.9. The number of hydrogen-bond donors (Lipinski definition) is 0. The minimum atomic E-state index is -3.49. The molecule has 0 radical (unpaired) electrons. The standard InChI is InChI=1S/C75H69N4O.Pt/c1-49(2)62-46-71(76-47-66(62)52-28-19-14-20-29-52)79-67-37-34-53(50-24-15-12-16-25-50)40-65(67)61-36-35-60(45-70(61)79)80-59-31-23-30-58(44-59)77-48-78(69-33-22-21-32-68(69)77)72-63(51-26-17-13-18-27-51)42-57(75(9,10)11)43-64(72)54-38-55(73(3,4)5)41-56(39-54)74(6,7)8;/h12-43,46-49H,1-11H3;/q-3;/i1D3,2D3,46D,47D,49D;. The van der Waals surface area contributed by atoms with Crippen molar-refractivity contribution in [2.24, 2.45) is 0 Å². The van der Waals surface area contributed by atoms with Gasteiger partial charge >= 0.3 is 0 Å². The largest absolute Gasteiger partial charge is 0.509 e. The molecule has 0 saturated heterocycles. The molecule has 0 aliphatic carbocycles. The number of pyridine rings is 1. The van der Waals surface area contributed by atoms with Crippen LogP contribution in [0.5, 0.6) is 11.5 Å². The molecule has 0 atom stereocenters. The van der Waals surface area contributed by atoms with Crippen molar-refractivity contribution in [3.8, 4) is 61.8 Å². The molecule has 3 heterocycles. The smallest absolute Gasteiger partial charge is 0.135 e. The van der Waals surface area contributed by atoms with Crippen molar-refractivity contribution in [3.63, 3.8) is 0 Å². The molecule has 408 valence electrons. The summed E-state index contributed by atoms with van der Waals surface area (Å²) in [6.45, 7) is 15.6. The summed E-state index contributed by atoms with van der Waals surface area (Å²) in [5.41, 5.74) is 13.4. The fourth-order valence-corrected chi connectivity index (χ4v) is 10.8. The summed E-state index contributed by atoms with van der Waals surface area (Å²) in [5.74, 6) is -3.00. The fourth-order valence-electron chi connectivity index (χ4n) is 10.8. The number of para-hydroxylation sites is 2. The van der Waals surface area contributed by atoms with Crippen molar-refractivity contribution in [1.82, 2.24) is 9.55 Å². The summed E-state index contributed by atoms with van der Waals surface area (Å²) in [7, 11) is 0. The van der Waals surface area contributed by atoms with Gasteiger partial charge in [-0.15, -0.1) is 48.1 Å². The number of aromatic nitrogens is 2. The van der Waals surface area contributed by atoms with E-state index in [-0.39, 0.29) is 60.0 Å². The second kappa shape index (κ2) is 21.5. The number of hydrogen-bond acceptors (Lipinski definition) is 4. The fraction of sp³-hybridized carbons (Fsp3) is 0.200. The molecule has 11 aromatic rings. The van der Waals surface area contributed by atoms with E-state index in [0.29, 0.717) is 33.2 Å². The molecule has 0 N–H and O–H groups in total. The average molecular weight is 1250 g/mol. The Morgan fingerprint density at radius 1 is 0.519 bits per heavy atom. The maximum atomic E-state index is 9.97. The zero-order chi connectivity index (χ0) is 63.3. The van der Waals surface area contributed by atoms with Crippen molar-refractivity contribution < 1.29 is 38.1 Å². The molecule has 5 nitrogen and oxygen atoms in total. The van der Waals surface area contributed by atoms with Gasteiger partial charge in [0.25, 0.3) is 0 Å². The summed E-state index contributed by atoms with van der Waals surface area (Å²) < 4.78 is 89.3. The van der Waals surface area contributed by atoms with E-state index < -0.39 is 37.4 Å². The Kier molecular flexibility index (Phi) is 11.9. The van der Waals surface area contributed by atoms with Crippen LogP contribution in [0.2, 0.25) is 0 Å². The molecular weight excluding hydrogens is 1170 g/mol. The minimum Gasteiger partial charge on any atom is -0.509 e. The van der Waals surface area contributed by atoms with Crippen LogP contribution in [0.25, 0.3) is 72.1 Å². The molecule has 0 unspecified atom stereocenters. The molecule has 81 heavy (non-hydrogen) atoms. The Balaban J connectivity index is 0.00000833. The zero-order valence-corrected chi connectivity index (χ0v) is 49.3. The van der Waals surface area contributed by atoms with Gasteiger partial charge in [-0.25, -0.2) is 4.98 Å². The van der Waals surface area contributed by atoms with E-state index in [1.165, 1.54) is 16.7 Å². The van der Waals surface area contributed by atoms with Gasteiger partial charge in [-0.3, -0.25) is 0 Å². The average Bonchev–Trinajstić information content (AvgIpc) is 1.23. The van der Waals surface area contributed by atoms with Crippen molar-refractivity contribution in [1.29, 1.82) is 0 Å². The Morgan fingerprint density at radius 3 is 1.69 bits per heavy atom. The van der Waals surface area contributed by atoms with Crippen LogP contribution in [0.3, 0.4) is 0 Å². The van der Waals surface area contributed by atoms with Gasteiger partial charge in [0.1, 0.15) is 5.82 Å². The van der Waals surface area contributed by atoms with Gasteiger partial charge in [-0.2, -0.15) is 12.1 Å². The van der Waals surface area contributed by atoms with E-state index in [4.69, 9.17) is 17.9 Å². The molecule has 1 aliphatic rings. The predicted octanol–water partition coefficient (Wildman–Crippen LogP) is 20.7. The van der Waals surface area contributed by atoms with Gasteiger partial charge in [-0.1, -0.05) is 215 Å². The van der Waals surface area contributed by atoms with E-state index >= 15 is 0 Å². The summed E-state index contributed by atoms with van der Waals surface area (Å²) in [4.78, 5) is 9.16. The number of benzene rings is 9. The van der Waals surface area contributed by atoms with Gasteiger partial charge in [0.2, 0.25) is 0 Å². The third-order valence-corrected chi connectivity index (χ3v) is 15.2. The van der Waals surface area contributed by atoms with E-state index in [2.05, 4.69) is 170 Å². The van der Waals surface area contributed by atoms with Crippen LogP contribution in [-0.4, -0.2) is 9.55 Å². The molecule has 9 aromatic carbocycles. The third kappa shape index (κ3) is 10.7. The van der Waals surface area contributed by atoms with Crippen LogP contribution in [0.1, 0.15) is 117 Å². The predicted molar refractivity (Wildman–Crippen MR) is 336 cm³/mol. The number of ether oxygens (including phenoxy) is 1. The van der Waals surface area contributed by atoms with Crippen LogP contribution in [0.4, 0.5) is 22.7 Å². The van der Waals surface area contributed by atoms with E-state index in [0.717, 1.165) is 50.4 Å². The quantitative estimate of drug-likeness (QED) is 0.128. The van der Waals surface area contributed by atoms with Gasteiger partial charge in [0, 0.05) is 87.6 Å². The van der Waals surface area contributed by atoms with Crippen LogP contribution < -0.4 is 14.5 Å². The summed E-state index contributed by atoms with van der Waals surface area (Å²) >= 11 is 0. The molecule has 0 amide bonds. The first-order valence-electron chi connectivity index (χ1n) is 31.8. The number of fused-ring (bicyclic) bond motifs is 4. The van der Waals surface area contributed by atoms with Gasteiger partial charge in [0.05, 0.1) is 2.74 Å². The monoisotopic (exact) mass is 1250 g/mol. The molecule has 12 rings (SSSR count). The third-order valence-electron chi connectivity index (χ3n) is 15.2. The number of nitrogens with zero attached hydrogens (tertiary/aromatic N) is 4. The molecule has 0 bridgehead atoms. The first kappa shape index (κ1) is 44.7. The first-order chi connectivity index (χ1) is 42.0. The van der Waals surface area contributed by atoms with Crippen molar-refractivity contribution >= 4 is 44.6 Å². The Labute approximate surface area is 506 Å². The van der Waals surface area contributed by atoms with Gasteiger partial charge in [-0.05, 0) is 114 Å². The maximum absolute atomic E-state index is 9.97. The number of rotatable bonds is 10. The van der Waals surface area contributed by atoms with Gasteiger partial charge in [0.15, 0.2) is 0 Å². The van der Waals surface area contributed by atoms with E-state index in [1.807, 2.05) is 78.9 Å². The Hall–Kier alpha value is -7.98. The molecule has 2 aromatic heterocycles. The molecule has 0 spiro atoms. The summed E-state index contributed by atoms with van der Waals surface area (Å²) in [6, 6.07) is 70.4. The topological polar surface area (TPSA) is 33.5 Å². The van der Waals surface area contributed by atoms with Crippen LogP contribution in [-0.2, 0) is 37.3 Å². The molecule has 0 fully saturated rings. The van der Waals surface area contributed by atoms with Crippen molar-refractivity contribution in [3.05, 3.63) is 247 Å². The molecule has 0 saturated carbocycles. The van der Waals surface area contributed by atoms with Gasteiger partial charge < -0.3 is 19.1 Å². The van der Waals surface area contributed by atoms with Crippen LogP contribution in [0, 0.1) is 18.8 Å². The first-order valence-corrected chi connectivity index (χ1v) is 27.3. The van der Waals surface area contributed by atoms with E-state index in [1.54, 1.807) is 41.0 Å². The minimum absolute atomic E-state index is 0. The Bertz CT molecular complexity index is 4480. The Morgan fingerprint density at radius 2 is 1.07 bits per heavy atom. The second-order valence-electron chi connectivity index (χ2n) is 23.9. The van der Waals surface area contributed by atoms with Crippen molar-refractivity contribution in [2.75, 3.05) is 9.80 Å². The van der Waals surface area contributed by atoms with E-state index in [9.17, 15) is 4.11 Å².